The first-order valence-electron chi connectivity index (χ1n) is 4.07. The average molecular weight is 141 g/mol. The molecule has 0 aromatic carbocycles. The molecule has 0 radical (unpaired) electrons. The van der Waals surface area contributed by atoms with E-state index >= 15 is 0 Å². The first kappa shape index (κ1) is 8.06. The van der Waals surface area contributed by atoms with Crippen molar-refractivity contribution in [2.45, 2.75) is 40.7 Å². The smallest absolute Gasteiger partial charge is 0.00493 e. The Morgan fingerprint density at radius 2 is 1.40 bits per heavy atom. The number of rotatable bonds is 1. The SMILES string of the molecule is CC(N)C1C(C)(C)C1(C)C. The summed E-state index contributed by atoms with van der Waals surface area (Å²) < 4.78 is 0. The minimum Gasteiger partial charge on any atom is -0.328 e. The van der Waals surface area contributed by atoms with E-state index in [4.69, 9.17) is 5.73 Å². The normalized spacial score (nSPS) is 31.8. The highest BCUT2D eigenvalue weighted by Crippen LogP contribution is 2.69. The molecule has 1 heteroatoms. The minimum absolute atomic E-state index is 0.352. The Hall–Kier alpha value is -0.0400. The van der Waals surface area contributed by atoms with E-state index in [-0.39, 0.29) is 0 Å². The van der Waals surface area contributed by atoms with Gasteiger partial charge in [-0.25, -0.2) is 0 Å². The summed E-state index contributed by atoms with van der Waals surface area (Å²) in [7, 11) is 0. The summed E-state index contributed by atoms with van der Waals surface area (Å²) in [6, 6.07) is 0.352. The van der Waals surface area contributed by atoms with Gasteiger partial charge in [-0.3, -0.25) is 0 Å². The summed E-state index contributed by atoms with van der Waals surface area (Å²) >= 11 is 0. The predicted molar refractivity (Wildman–Crippen MR) is 44.7 cm³/mol. The van der Waals surface area contributed by atoms with Gasteiger partial charge in [-0.05, 0) is 23.7 Å². The molecule has 1 saturated carbocycles. The lowest BCUT2D eigenvalue weighted by molar-refractivity contribution is 0.457. The van der Waals surface area contributed by atoms with Crippen LogP contribution in [0.3, 0.4) is 0 Å². The molecule has 0 spiro atoms. The molecular formula is C9H19N. The van der Waals surface area contributed by atoms with E-state index in [0.29, 0.717) is 22.8 Å². The van der Waals surface area contributed by atoms with Crippen LogP contribution in [0.4, 0.5) is 0 Å². The van der Waals surface area contributed by atoms with Crippen LogP contribution >= 0.6 is 0 Å². The average Bonchev–Trinajstić information content (AvgIpc) is 1.97. The summed E-state index contributed by atoms with van der Waals surface area (Å²) in [5, 5.41) is 0. The monoisotopic (exact) mass is 141 g/mol. The number of hydrogen-bond donors (Lipinski definition) is 1. The second-order valence-electron chi connectivity index (χ2n) is 4.78. The van der Waals surface area contributed by atoms with Gasteiger partial charge in [0.1, 0.15) is 0 Å². The van der Waals surface area contributed by atoms with Gasteiger partial charge in [-0.15, -0.1) is 0 Å². The van der Waals surface area contributed by atoms with Crippen LogP contribution in [0.1, 0.15) is 34.6 Å². The van der Waals surface area contributed by atoms with Crippen molar-refractivity contribution in [3.05, 3.63) is 0 Å². The highest BCUT2D eigenvalue weighted by molar-refractivity contribution is 5.14. The zero-order chi connectivity index (χ0) is 8.15. The molecule has 0 aromatic rings. The Kier molecular flexibility index (Phi) is 1.42. The van der Waals surface area contributed by atoms with Crippen molar-refractivity contribution in [1.29, 1.82) is 0 Å². The first-order valence-corrected chi connectivity index (χ1v) is 4.07. The van der Waals surface area contributed by atoms with E-state index in [0.717, 1.165) is 0 Å². The fourth-order valence-corrected chi connectivity index (χ4v) is 2.56. The fourth-order valence-electron chi connectivity index (χ4n) is 2.56. The van der Waals surface area contributed by atoms with Crippen molar-refractivity contribution >= 4 is 0 Å². The van der Waals surface area contributed by atoms with E-state index < -0.39 is 0 Å². The van der Waals surface area contributed by atoms with Crippen LogP contribution < -0.4 is 5.73 Å². The summed E-state index contributed by atoms with van der Waals surface area (Å²) in [5.41, 5.74) is 6.77. The van der Waals surface area contributed by atoms with Gasteiger partial charge in [0.15, 0.2) is 0 Å². The molecule has 0 amide bonds. The molecule has 60 valence electrons. The second-order valence-corrected chi connectivity index (χ2v) is 4.78. The minimum atomic E-state index is 0.352. The molecule has 1 rings (SSSR count). The summed E-state index contributed by atoms with van der Waals surface area (Å²) in [5.74, 6) is 0.708. The maximum absolute atomic E-state index is 5.85. The Morgan fingerprint density at radius 1 is 1.10 bits per heavy atom. The molecule has 0 aliphatic heterocycles. The van der Waals surface area contributed by atoms with Crippen molar-refractivity contribution in [3.63, 3.8) is 0 Å². The van der Waals surface area contributed by atoms with Gasteiger partial charge in [0.2, 0.25) is 0 Å². The molecule has 1 aliphatic rings. The summed E-state index contributed by atoms with van der Waals surface area (Å²) in [6.45, 7) is 11.3. The van der Waals surface area contributed by atoms with Crippen molar-refractivity contribution in [2.75, 3.05) is 0 Å². The van der Waals surface area contributed by atoms with E-state index in [1.165, 1.54) is 0 Å². The maximum Gasteiger partial charge on any atom is 0.00493 e. The van der Waals surface area contributed by atoms with Gasteiger partial charge < -0.3 is 5.73 Å². The summed E-state index contributed by atoms with van der Waals surface area (Å²) in [6.07, 6.45) is 0. The van der Waals surface area contributed by atoms with Gasteiger partial charge in [0.05, 0.1) is 0 Å². The molecule has 0 aromatic heterocycles. The van der Waals surface area contributed by atoms with E-state index in [1.54, 1.807) is 0 Å². The Labute approximate surface area is 64.0 Å². The van der Waals surface area contributed by atoms with E-state index in [2.05, 4.69) is 34.6 Å². The van der Waals surface area contributed by atoms with E-state index in [1.807, 2.05) is 0 Å². The molecular weight excluding hydrogens is 122 g/mol. The molecule has 2 N–H and O–H groups in total. The molecule has 1 nitrogen and oxygen atoms in total. The molecule has 1 aliphatic carbocycles. The highest BCUT2D eigenvalue weighted by atomic mass is 14.8. The fraction of sp³-hybridized carbons (Fsp3) is 1.00. The van der Waals surface area contributed by atoms with Crippen LogP contribution in [-0.2, 0) is 0 Å². The maximum atomic E-state index is 5.85. The van der Waals surface area contributed by atoms with Crippen molar-refractivity contribution in [2.24, 2.45) is 22.5 Å². The Morgan fingerprint density at radius 3 is 1.40 bits per heavy atom. The summed E-state index contributed by atoms with van der Waals surface area (Å²) in [4.78, 5) is 0. The van der Waals surface area contributed by atoms with E-state index in [9.17, 15) is 0 Å². The van der Waals surface area contributed by atoms with Crippen LogP contribution in [0.5, 0.6) is 0 Å². The molecule has 1 unspecified atom stereocenters. The van der Waals surface area contributed by atoms with Crippen LogP contribution in [-0.4, -0.2) is 6.04 Å². The van der Waals surface area contributed by atoms with Crippen LogP contribution in [0, 0.1) is 16.7 Å². The molecule has 0 saturated heterocycles. The van der Waals surface area contributed by atoms with Gasteiger partial charge in [-0.1, -0.05) is 27.7 Å². The molecule has 0 bridgehead atoms. The first-order chi connectivity index (χ1) is 4.32. The van der Waals surface area contributed by atoms with Crippen LogP contribution in [0.2, 0.25) is 0 Å². The van der Waals surface area contributed by atoms with Crippen molar-refractivity contribution in [1.82, 2.24) is 0 Å². The second kappa shape index (κ2) is 1.76. The molecule has 10 heavy (non-hydrogen) atoms. The quantitative estimate of drug-likeness (QED) is 0.594. The third kappa shape index (κ3) is 0.731. The van der Waals surface area contributed by atoms with Gasteiger partial charge >= 0.3 is 0 Å². The zero-order valence-electron chi connectivity index (χ0n) is 7.73. The van der Waals surface area contributed by atoms with Crippen LogP contribution in [0.25, 0.3) is 0 Å². The largest absolute Gasteiger partial charge is 0.328 e. The topological polar surface area (TPSA) is 26.0 Å². The van der Waals surface area contributed by atoms with Crippen LogP contribution in [0.15, 0.2) is 0 Å². The van der Waals surface area contributed by atoms with Gasteiger partial charge in [0, 0.05) is 6.04 Å². The van der Waals surface area contributed by atoms with Gasteiger partial charge in [0.25, 0.3) is 0 Å². The lowest BCUT2D eigenvalue weighted by Crippen LogP contribution is -2.21. The molecule has 1 atom stereocenters. The molecule has 0 heterocycles. The van der Waals surface area contributed by atoms with Crippen molar-refractivity contribution in [3.8, 4) is 0 Å². The van der Waals surface area contributed by atoms with Gasteiger partial charge in [-0.2, -0.15) is 0 Å². The Bertz CT molecular complexity index is 131. The van der Waals surface area contributed by atoms with Crippen molar-refractivity contribution < 1.29 is 0 Å². The Balaban J connectivity index is 2.72. The number of hydrogen-bond acceptors (Lipinski definition) is 1. The molecule has 1 fully saturated rings. The predicted octanol–water partition coefficient (Wildman–Crippen LogP) is 2.02. The lowest BCUT2D eigenvalue weighted by Gasteiger charge is -2.04. The third-order valence-corrected chi connectivity index (χ3v) is 3.66. The third-order valence-electron chi connectivity index (χ3n) is 3.66. The lowest BCUT2D eigenvalue weighted by atomic mass is 10.0. The standard InChI is InChI=1S/C9H19N/c1-6(10)7-8(2,3)9(7,4)5/h6-7H,10H2,1-5H3. The number of nitrogens with two attached hydrogens (primary N) is 1. The highest BCUT2D eigenvalue weighted by Gasteiger charge is 2.65. The zero-order valence-corrected chi connectivity index (χ0v) is 7.73.